The second-order valence-corrected chi connectivity index (χ2v) is 6.04. The summed E-state index contributed by atoms with van der Waals surface area (Å²) in [4.78, 5) is 12.0. The maximum Gasteiger partial charge on any atom is 0.407 e. The first-order chi connectivity index (χ1) is 10.4. The molecule has 1 amide bonds. The Morgan fingerprint density at radius 3 is 2.55 bits per heavy atom. The summed E-state index contributed by atoms with van der Waals surface area (Å²) in [5.41, 5.74) is 1.73. The molecule has 0 aliphatic rings. The van der Waals surface area contributed by atoms with Gasteiger partial charge in [0.05, 0.1) is 0 Å². The predicted octanol–water partition coefficient (Wildman–Crippen LogP) is 3.80. The zero-order valence-electron chi connectivity index (χ0n) is 13.8. The highest BCUT2D eigenvalue weighted by Crippen LogP contribution is 2.18. The minimum absolute atomic E-state index is 0.0320. The second kappa shape index (κ2) is 9.26. The van der Waals surface area contributed by atoms with Gasteiger partial charge in [-0.3, -0.25) is 0 Å². The first kappa shape index (κ1) is 18.2. The van der Waals surface area contributed by atoms with Crippen LogP contribution in [0.5, 0.6) is 0 Å². The third-order valence-electron chi connectivity index (χ3n) is 3.53. The number of hydrogen-bond donors (Lipinski definition) is 2. The summed E-state index contributed by atoms with van der Waals surface area (Å²) in [6.45, 7) is 6.31. The van der Waals surface area contributed by atoms with Gasteiger partial charge < -0.3 is 15.2 Å². The van der Waals surface area contributed by atoms with E-state index < -0.39 is 11.6 Å². The topological polar surface area (TPSA) is 58.6 Å². The van der Waals surface area contributed by atoms with Crippen molar-refractivity contribution in [3.05, 3.63) is 47.5 Å². The van der Waals surface area contributed by atoms with Gasteiger partial charge in [0.2, 0.25) is 0 Å². The Balaban J connectivity index is 2.50. The van der Waals surface area contributed by atoms with Crippen molar-refractivity contribution < 1.29 is 14.6 Å². The van der Waals surface area contributed by atoms with Crippen LogP contribution < -0.4 is 5.32 Å². The van der Waals surface area contributed by atoms with Gasteiger partial charge >= 0.3 is 6.09 Å². The summed E-state index contributed by atoms with van der Waals surface area (Å²) in [5.74, 6) is 0. The smallest absolute Gasteiger partial charge is 0.407 e. The van der Waals surface area contributed by atoms with Gasteiger partial charge in [-0.15, -0.1) is 0 Å². The van der Waals surface area contributed by atoms with Crippen LogP contribution in [0.2, 0.25) is 0 Å². The number of carbonyl (C=O) groups is 1. The Labute approximate surface area is 133 Å². The summed E-state index contributed by atoms with van der Waals surface area (Å²) in [6.07, 6.45) is 3.81. The molecule has 0 saturated carbocycles. The molecule has 1 atom stereocenters. The molecule has 0 aliphatic heterocycles. The molecule has 0 saturated heterocycles. The Morgan fingerprint density at radius 1 is 1.27 bits per heavy atom. The number of rotatable bonds is 8. The molecule has 4 heteroatoms. The van der Waals surface area contributed by atoms with Gasteiger partial charge in [-0.1, -0.05) is 42.0 Å². The van der Waals surface area contributed by atoms with E-state index in [1.54, 1.807) is 0 Å². The minimum atomic E-state index is -0.464. The Hall–Kier alpha value is -1.81. The summed E-state index contributed by atoms with van der Waals surface area (Å²) in [6, 6.07) is 9.56. The van der Waals surface area contributed by atoms with Gasteiger partial charge in [-0.2, -0.15) is 0 Å². The molecule has 4 nitrogen and oxygen atoms in total. The largest absolute Gasteiger partial charge is 0.445 e. The summed E-state index contributed by atoms with van der Waals surface area (Å²) in [5, 5.41) is 12.1. The van der Waals surface area contributed by atoms with Crippen molar-refractivity contribution in [2.24, 2.45) is 0 Å². The number of amides is 1. The van der Waals surface area contributed by atoms with E-state index in [2.05, 4.69) is 11.4 Å². The minimum Gasteiger partial charge on any atom is -0.445 e. The number of aliphatic hydroxyl groups is 1. The van der Waals surface area contributed by atoms with Crippen molar-refractivity contribution in [1.82, 2.24) is 5.32 Å². The van der Waals surface area contributed by atoms with E-state index in [4.69, 9.17) is 4.74 Å². The van der Waals surface area contributed by atoms with Crippen LogP contribution in [0.4, 0.5) is 4.79 Å². The van der Waals surface area contributed by atoms with Gasteiger partial charge in [0.1, 0.15) is 6.61 Å². The molecular weight excluding hydrogens is 278 g/mol. The zero-order chi connectivity index (χ0) is 16.4. The van der Waals surface area contributed by atoms with E-state index in [0.717, 1.165) is 18.4 Å². The SMILES string of the molecule is CC(C)=CCC[C@](C)(CCO)NC(=O)OCc1ccccc1. The van der Waals surface area contributed by atoms with Gasteiger partial charge in [-0.25, -0.2) is 4.79 Å². The van der Waals surface area contributed by atoms with Crippen LogP contribution in [0.15, 0.2) is 42.0 Å². The van der Waals surface area contributed by atoms with Crippen LogP contribution in [0.3, 0.4) is 0 Å². The first-order valence-corrected chi connectivity index (χ1v) is 7.68. The molecule has 1 aromatic rings. The number of nitrogens with one attached hydrogen (secondary N) is 1. The Bertz CT molecular complexity index is 480. The standard InChI is InChI=1S/C18H27NO3/c1-15(2)8-7-11-18(3,12-13-20)19-17(21)22-14-16-9-5-4-6-10-16/h4-6,8-10,20H,7,11-14H2,1-3H3,(H,19,21)/t18-/m1/s1. The zero-order valence-corrected chi connectivity index (χ0v) is 13.8. The molecule has 22 heavy (non-hydrogen) atoms. The first-order valence-electron chi connectivity index (χ1n) is 7.68. The highest BCUT2D eigenvalue weighted by atomic mass is 16.5. The fourth-order valence-electron chi connectivity index (χ4n) is 2.18. The van der Waals surface area contributed by atoms with Gasteiger partial charge in [0.15, 0.2) is 0 Å². The van der Waals surface area contributed by atoms with Crippen LogP contribution in [-0.2, 0) is 11.3 Å². The van der Waals surface area contributed by atoms with Crippen LogP contribution in [0, 0.1) is 0 Å². The normalized spacial score (nSPS) is 13.1. The van der Waals surface area contributed by atoms with Crippen molar-refractivity contribution in [3.8, 4) is 0 Å². The number of alkyl carbamates (subject to hydrolysis) is 1. The molecular formula is C18H27NO3. The molecule has 122 valence electrons. The summed E-state index contributed by atoms with van der Waals surface area (Å²) < 4.78 is 5.25. The lowest BCUT2D eigenvalue weighted by molar-refractivity contribution is 0.120. The molecule has 0 spiro atoms. The molecule has 0 aromatic heterocycles. The Kier molecular flexibility index (Phi) is 7.67. The van der Waals surface area contributed by atoms with Crippen molar-refractivity contribution in [1.29, 1.82) is 0 Å². The number of aliphatic hydroxyl groups excluding tert-OH is 1. The molecule has 0 radical (unpaired) electrons. The molecule has 0 aliphatic carbocycles. The fourth-order valence-corrected chi connectivity index (χ4v) is 2.18. The van der Waals surface area contributed by atoms with Crippen LogP contribution in [0.25, 0.3) is 0 Å². The molecule has 0 unspecified atom stereocenters. The number of carbonyl (C=O) groups excluding carboxylic acids is 1. The average molecular weight is 305 g/mol. The number of allylic oxidation sites excluding steroid dienone is 2. The van der Waals surface area contributed by atoms with Crippen molar-refractivity contribution in [2.45, 2.75) is 52.2 Å². The number of hydrogen-bond acceptors (Lipinski definition) is 3. The third-order valence-corrected chi connectivity index (χ3v) is 3.53. The highest BCUT2D eigenvalue weighted by Gasteiger charge is 2.25. The molecule has 1 rings (SSSR count). The van der Waals surface area contributed by atoms with E-state index in [-0.39, 0.29) is 13.2 Å². The van der Waals surface area contributed by atoms with Crippen LogP contribution >= 0.6 is 0 Å². The molecule has 0 bridgehead atoms. The van der Waals surface area contributed by atoms with E-state index in [0.29, 0.717) is 6.42 Å². The molecule has 0 fully saturated rings. The second-order valence-electron chi connectivity index (χ2n) is 6.04. The van der Waals surface area contributed by atoms with Gasteiger partial charge in [0, 0.05) is 12.1 Å². The number of ether oxygens (including phenoxy) is 1. The maximum absolute atomic E-state index is 12.0. The lowest BCUT2D eigenvalue weighted by Gasteiger charge is -2.29. The highest BCUT2D eigenvalue weighted by molar-refractivity contribution is 5.68. The average Bonchev–Trinajstić information content (AvgIpc) is 2.46. The monoisotopic (exact) mass is 305 g/mol. The van der Waals surface area contributed by atoms with Crippen molar-refractivity contribution in [2.75, 3.05) is 6.61 Å². The Morgan fingerprint density at radius 2 is 1.95 bits per heavy atom. The molecule has 1 aromatic carbocycles. The van der Waals surface area contributed by atoms with Crippen molar-refractivity contribution in [3.63, 3.8) is 0 Å². The van der Waals surface area contributed by atoms with E-state index >= 15 is 0 Å². The lowest BCUT2D eigenvalue weighted by Crippen LogP contribution is -2.46. The van der Waals surface area contributed by atoms with Crippen molar-refractivity contribution >= 4 is 6.09 Å². The predicted molar refractivity (Wildman–Crippen MR) is 88.5 cm³/mol. The van der Waals surface area contributed by atoms with E-state index in [9.17, 15) is 9.90 Å². The summed E-state index contributed by atoms with van der Waals surface area (Å²) in [7, 11) is 0. The van der Waals surface area contributed by atoms with E-state index in [1.807, 2.05) is 51.1 Å². The molecule has 2 N–H and O–H groups in total. The lowest BCUT2D eigenvalue weighted by atomic mass is 9.92. The maximum atomic E-state index is 12.0. The quantitative estimate of drug-likeness (QED) is 0.718. The van der Waals surface area contributed by atoms with Crippen LogP contribution in [0.1, 0.15) is 45.6 Å². The van der Waals surface area contributed by atoms with Gasteiger partial charge in [-0.05, 0) is 45.6 Å². The fraction of sp³-hybridized carbons (Fsp3) is 0.500. The summed E-state index contributed by atoms with van der Waals surface area (Å²) >= 11 is 0. The molecule has 0 heterocycles. The third kappa shape index (κ3) is 7.27. The van der Waals surface area contributed by atoms with Gasteiger partial charge in [0.25, 0.3) is 0 Å². The van der Waals surface area contributed by atoms with E-state index in [1.165, 1.54) is 5.57 Å². The van der Waals surface area contributed by atoms with Crippen LogP contribution in [-0.4, -0.2) is 23.3 Å². The number of benzene rings is 1.